The van der Waals surface area contributed by atoms with Crippen molar-refractivity contribution in [3.63, 3.8) is 0 Å². The summed E-state index contributed by atoms with van der Waals surface area (Å²) in [6, 6.07) is 0. The smallest absolute Gasteiger partial charge is 0.382 e. The van der Waals surface area contributed by atoms with Gasteiger partial charge in [-0.15, -0.1) is 0 Å². The highest BCUT2D eigenvalue weighted by Gasteiger charge is 2.34. The summed E-state index contributed by atoms with van der Waals surface area (Å²) < 4.78 is 37.6. The predicted molar refractivity (Wildman–Crippen MR) is 57.8 cm³/mol. The number of nitrogen functional groups attached to an aromatic ring is 1. The van der Waals surface area contributed by atoms with E-state index in [0.717, 1.165) is 6.08 Å². The number of nitrogens with two attached hydrogens (primary N) is 1. The minimum absolute atomic E-state index is 0.00933. The first-order valence-corrected chi connectivity index (χ1v) is 5.02. The number of rotatable bonds is 1. The molecule has 0 aliphatic heterocycles. The van der Waals surface area contributed by atoms with Crippen molar-refractivity contribution in [2.75, 3.05) is 5.73 Å². The van der Waals surface area contributed by atoms with E-state index in [4.69, 9.17) is 5.73 Å². The van der Waals surface area contributed by atoms with Crippen LogP contribution in [0.1, 0.15) is 18.5 Å². The van der Waals surface area contributed by atoms with Crippen LogP contribution in [0.4, 0.5) is 19.0 Å². The molecular formula is C11H10F3N3. The highest BCUT2D eigenvalue weighted by atomic mass is 19.4. The summed E-state index contributed by atoms with van der Waals surface area (Å²) in [6.45, 7) is 0. The second-order valence-electron chi connectivity index (χ2n) is 3.69. The number of alkyl halides is 3. The van der Waals surface area contributed by atoms with E-state index in [1.54, 1.807) is 6.08 Å². The second-order valence-corrected chi connectivity index (χ2v) is 3.69. The monoisotopic (exact) mass is 241 g/mol. The van der Waals surface area contributed by atoms with Gasteiger partial charge in [-0.05, 0) is 24.5 Å². The minimum atomic E-state index is -4.28. The molecular weight excluding hydrogens is 231 g/mol. The molecule has 0 radical (unpaired) electrons. The molecule has 2 N–H and O–H groups in total. The lowest BCUT2D eigenvalue weighted by Gasteiger charge is -2.16. The van der Waals surface area contributed by atoms with E-state index in [0.29, 0.717) is 17.7 Å². The van der Waals surface area contributed by atoms with Crippen molar-refractivity contribution in [2.45, 2.75) is 19.0 Å². The normalized spacial score (nSPS) is 16.4. The molecule has 1 heterocycles. The highest BCUT2D eigenvalue weighted by Crippen LogP contribution is 2.34. The number of nitrogens with zero attached hydrogens (tertiary/aromatic N) is 2. The first kappa shape index (κ1) is 11.6. The van der Waals surface area contributed by atoms with Gasteiger partial charge >= 0.3 is 6.18 Å². The Morgan fingerprint density at radius 1 is 1.18 bits per heavy atom. The summed E-state index contributed by atoms with van der Waals surface area (Å²) in [5, 5.41) is 0. The van der Waals surface area contributed by atoms with Gasteiger partial charge in [-0.2, -0.15) is 13.2 Å². The molecule has 90 valence electrons. The molecule has 0 aromatic carbocycles. The van der Waals surface area contributed by atoms with Gasteiger partial charge in [0.1, 0.15) is 5.82 Å². The third-order valence-electron chi connectivity index (χ3n) is 2.44. The molecule has 1 aromatic rings. The highest BCUT2D eigenvalue weighted by molar-refractivity contribution is 5.73. The summed E-state index contributed by atoms with van der Waals surface area (Å²) in [5.74, 6) is 0.241. The van der Waals surface area contributed by atoms with Crippen LogP contribution >= 0.6 is 0 Å². The number of hydrogen-bond donors (Lipinski definition) is 1. The van der Waals surface area contributed by atoms with E-state index >= 15 is 0 Å². The molecule has 2 rings (SSSR count). The van der Waals surface area contributed by atoms with Gasteiger partial charge in [-0.1, -0.05) is 6.08 Å². The van der Waals surface area contributed by atoms with Crippen molar-refractivity contribution in [2.24, 2.45) is 0 Å². The fourth-order valence-corrected chi connectivity index (χ4v) is 1.59. The third-order valence-corrected chi connectivity index (χ3v) is 2.44. The van der Waals surface area contributed by atoms with Gasteiger partial charge in [-0.3, -0.25) is 4.98 Å². The lowest BCUT2D eigenvalue weighted by molar-refractivity contribution is -0.0939. The topological polar surface area (TPSA) is 51.8 Å². The van der Waals surface area contributed by atoms with Gasteiger partial charge in [0.2, 0.25) is 0 Å². The van der Waals surface area contributed by atoms with E-state index < -0.39 is 11.7 Å². The molecule has 1 aliphatic carbocycles. The molecule has 0 bridgehead atoms. The molecule has 1 aliphatic rings. The summed E-state index contributed by atoms with van der Waals surface area (Å²) in [7, 11) is 0. The molecule has 6 heteroatoms. The number of anilines is 1. The van der Waals surface area contributed by atoms with Crippen LogP contribution in [0.2, 0.25) is 0 Å². The average Bonchev–Trinajstić information content (AvgIpc) is 2.29. The van der Waals surface area contributed by atoms with Gasteiger partial charge in [0.25, 0.3) is 0 Å². The number of allylic oxidation sites excluding steroid dienone is 4. The van der Waals surface area contributed by atoms with Crippen LogP contribution in [-0.2, 0) is 0 Å². The van der Waals surface area contributed by atoms with Crippen LogP contribution in [0.5, 0.6) is 0 Å². The van der Waals surface area contributed by atoms with Crippen LogP contribution in [0.3, 0.4) is 0 Å². The van der Waals surface area contributed by atoms with E-state index in [2.05, 4.69) is 9.97 Å². The molecule has 3 nitrogen and oxygen atoms in total. The number of hydrogen-bond acceptors (Lipinski definition) is 3. The lowest BCUT2D eigenvalue weighted by atomic mass is 9.97. The lowest BCUT2D eigenvalue weighted by Crippen LogP contribution is -2.13. The van der Waals surface area contributed by atoms with Crippen molar-refractivity contribution in [1.82, 2.24) is 9.97 Å². The summed E-state index contributed by atoms with van der Waals surface area (Å²) >= 11 is 0. The Hall–Kier alpha value is -1.85. The molecule has 0 spiro atoms. The van der Waals surface area contributed by atoms with Gasteiger partial charge in [0, 0.05) is 5.57 Å². The first-order valence-electron chi connectivity index (χ1n) is 5.02. The molecule has 0 saturated heterocycles. The number of halogens is 3. The fraction of sp³-hybridized carbons (Fsp3) is 0.273. The summed E-state index contributed by atoms with van der Waals surface area (Å²) in [4.78, 5) is 7.76. The Labute approximate surface area is 95.9 Å². The quantitative estimate of drug-likeness (QED) is 0.822. The van der Waals surface area contributed by atoms with Gasteiger partial charge < -0.3 is 5.73 Å². The van der Waals surface area contributed by atoms with E-state index in [1.807, 2.05) is 0 Å². The Morgan fingerprint density at radius 2 is 1.94 bits per heavy atom. The van der Waals surface area contributed by atoms with E-state index in [-0.39, 0.29) is 12.2 Å². The largest absolute Gasteiger partial charge is 0.412 e. The first-order chi connectivity index (χ1) is 7.97. The van der Waals surface area contributed by atoms with E-state index in [9.17, 15) is 13.2 Å². The minimum Gasteiger partial charge on any atom is -0.382 e. The van der Waals surface area contributed by atoms with Crippen LogP contribution < -0.4 is 5.73 Å². The van der Waals surface area contributed by atoms with Crippen molar-refractivity contribution in [3.05, 3.63) is 35.8 Å². The van der Waals surface area contributed by atoms with Crippen LogP contribution in [0, 0.1) is 0 Å². The summed E-state index contributed by atoms with van der Waals surface area (Å²) in [5.41, 5.74) is 5.67. The maximum atomic E-state index is 12.5. The van der Waals surface area contributed by atoms with Crippen LogP contribution in [0.25, 0.3) is 5.57 Å². The maximum Gasteiger partial charge on any atom is 0.412 e. The van der Waals surface area contributed by atoms with Gasteiger partial charge in [0.05, 0.1) is 18.1 Å². The van der Waals surface area contributed by atoms with Crippen molar-refractivity contribution >= 4 is 11.4 Å². The summed E-state index contributed by atoms with van der Waals surface area (Å²) in [6.07, 6.45) is 1.62. The van der Waals surface area contributed by atoms with Crippen LogP contribution in [0.15, 0.2) is 30.1 Å². The van der Waals surface area contributed by atoms with Crippen LogP contribution in [-0.4, -0.2) is 16.1 Å². The molecule has 0 saturated carbocycles. The van der Waals surface area contributed by atoms with Gasteiger partial charge in [0.15, 0.2) is 0 Å². The third kappa shape index (κ3) is 2.64. The van der Waals surface area contributed by atoms with Crippen molar-refractivity contribution in [1.29, 1.82) is 0 Å². The molecule has 1 aromatic heterocycles. The average molecular weight is 241 g/mol. The number of aromatic nitrogens is 2. The molecule has 0 atom stereocenters. The Kier molecular flexibility index (Phi) is 2.87. The molecule has 0 fully saturated rings. The van der Waals surface area contributed by atoms with Crippen molar-refractivity contribution in [3.8, 4) is 0 Å². The maximum absolute atomic E-state index is 12.5. The zero-order valence-corrected chi connectivity index (χ0v) is 8.83. The standard InChI is InChI=1S/C11H10F3N3/c12-11(13,14)8-3-1-2-7(4-8)9-5-17-10(15)6-16-9/h2,4-6H,1,3H2,(H2,15,17). The second kappa shape index (κ2) is 4.20. The predicted octanol–water partition coefficient (Wildman–Crippen LogP) is 2.72. The van der Waals surface area contributed by atoms with Crippen molar-refractivity contribution < 1.29 is 13.2 Å². The van der Waals surface area contributed by atoms with E-state index in [1.165, 1.54) is 12.4 Å². The molecule has 0 amide bonds. The SMILES string of the molecule is Nc1cnc(C2=CCCC(C(F)(F)F)=C2)cn1. The molecule has 0 unspecified atom stereocenters. The Bertz CT molecular complexity index is 472. The zero-order chi connectivity index (χ0) is 12.5. The Morgan fingerprint density at radius 3 is 2.53 bits per heavy atom. The van der Waals surface area contributed by atoms with Gasteiger partial charge in [-0.25, -0.2) is 4.98 Å². The Balaban J connectivity index is 2.31. The zero-order valence-electron chi connectivity index (χ0n) is 8.83. The fourth-order valence-electron chi connectivity index (χ4n) is 1.59. The molecule has 17 heavy (non-hydrogen) atoms.